The number of cyclic esters (lactones) is 1. The molecule has 0 N–H and O–H groups in total. The van der Waals surface area contributed by atoms with Gasteiger partial charge in [-0.25, -0.2) is 0 Å². The minimum atomic E-state index is 0.0193. The normalized spacial score (nSPS) is 39.5. The SMILES string of the molecule is CO[C@@H]1CCC2C(=O)OCC[C@H]2C1. The molecule has 0 aromatic carbocycles. The van der Waals surface area contributed by atoms with E-state index in [1.165, 1.54) is 0 Å². The highest BCUT2D eigenvalue weighted by Gasteiger charge is 2.38. The standard InChI is InChI=1S/C10H16O3/c1-12-8-2-3-9-7(6-8)4-5-13-10(9)11/h7-9H,2-6H2,1H3/t7-,8+,9?/m0/s1. The first-order chi connectivity index (χ1) is 6.31. The highest BCUT2D eigenvalue weighted by Crippen LogP contribution is 2.36. The topological polar surface area (TPSA) is 35.5 Å². The predicted octanol–water partition coefficient (Wildman–Crippen LogP) is 1.36. The molecule has 74 valence electrons. The van der Waals surface area contributed by atoms with Crippen LogP contribution in [-0.2, 0) is 14.3 Å². The Kier molecular flexibility index (Phi) is 2.54. The van der Waals surface area contributed by atoms with Gasteiger partial charge in [-0.2, -0.15) is 0 Å². The lowest BCUT2D eigenvalue weighted by Crippen LogP contribution is -2.39. The summed E-state index contributed by atoms with van der Waals surface area (Å²) in [5.74, 6) is 0.700. The predicted molar refractivity (Wildman–Crippen MR) is 47.2 cm³/mol. The molecule has 0 amide bonds. The Balaban J connectivity index is 1.99. The van der Waals surface area contributed by atoms with E-state index in [2.05, 4.69) is 0 Å². The Morgan fingerprint density at radius 3 is 3.00 bits per heavy atom. The number of esters is 1. The second-order valence-electron chi connectivity index (χ2n) is 3.99. The maximum absolute atomic E-state index is 11.4. The van der Waals surface area contributed by atoms with Crippen LogP contribution < -0.4 is 0 Å². The van der Waals surface area contributed by atoms with Crippen LogP contribution in [0.3, 0.4) is 0 Å². The second kappa shape index (κ2) is 3.66. The molecule has 0 aromatic heterocycles. The van der Waals surface area contributed by atoms with E-state index < -0.39 is 0 Å². The summed E-state index contributed by atoms with van der Waals surface area (Å²) in [4.78, 5) is 11.4. The summed E-state index contributed by atoms with van der Waals surface area (Å²) < 4.78 is 10.4. The number of rotatable bonds is 1. The lowest BCUT2D eigenvalue weighted by atomic mass is 9.75. The average molecular weight is 184 g/mol. The summed E-state index contributed by atoms with van der Waals surface area (Å²) in [5.41, 5.74) is 0. The first kappa shape index (κ1) is 9.00. The molecule has 1 saturated heterocycles. The van der Waals surface area contributed by atoms with Crippen LogP contribution in [0.25, 0.3) is 0 Å². The minimum Gasteiger partial charge on any atom is -0.465 e. The zero-order valence-electron chi connectivity index (χ0n) is 7.99. The van der Waals surface area contributed by atoms with Crippen molar-refractivity contribution in [3.05, 3.63) is 0 Å². The Hall–Kier alpha value is -0.570. The third-order valence-corrected chi connectivity index (χ3v) is 3.30. The molecular formula is C10H16O3. The van der Waals surface area contributed by atoms with Gasteiger partial charge < -0.3 is 9.47 Å². The largest absolute Gasteiger partial charge is 0.465 e. The van der Waals surface area contributed by atoms with Crippen molar-refractivity contribution in [1.82, 2.24) is 0 Å². The summed E-state index contributed by atoms with van der Waals surface area (Å²) >= 11 is 0. The third-order valence-electron chi connectivity index (χ3n) is 3.30. The van der Waals surface area contributed by atoms with Crippen molar-refractivity contribution in [3.63, 3.8) is 0 Å². The van der Waals surface area contributed by atoms with Crippen molar-refractivity contribution >= 4 is 5.97 Å². The van der Waals surface area contributed by atoms with E-state index >= 15 is 0 Å². The van der Waals surface area contributed by atoms with Gasteiger partial charge in [-0.1, -0.05) is 0 Å². The van der Waals surface area contributed by atoms with Crippen LogP contribution in [0.5, 0.6) is 0 Å². The number of hydrogen-bond donors (Lipinski definition) is 0. The van der Waals surface area contributed by atoms with Crippen molar-refractivity contribution in [2.45, 2.75) is 31.8 Å². The van der Waals surface area contributed by atoms with E-state index in [-0.39, 0.29) is 11.9 Å². The first-order valence-corrected chi connectivity index (χ1v) is 5.00. The molecule has 3 atom stereocenters. The van der Waals surface area contributed by atoms with Gasteiger partial charge in [0.25, 0.3) is 0 Å². The van der Waals surface area contributed by atoms with E-state index in [1.807, 2.05) is 0 Å². The van der Waals surface area contributed by atoms with Crippen LogP contribution in [0.2, 0.25) is 0 Å². The van der Waals surface area contributed by atoms with Gasteiger partial charge in [-0.15, -0.1) is 0 Å². The molecule has 3 heteroatoms. The minimum absolute atomic E-state index is 0.0193. The van der Waals surface area contributed by atoms with Crippen molar-refractivity contribution in [2.75, 3.05) is 13.7 Å². The number of ether oxygens (including phenoxy) is 2. The smallest absolute Gasteiger partial charge is 0.309 e. The summed E-state index contributed by atoms with van der Waals surface area (Å²) in [7, 11) is 1.76. The number of carbonyl (C=O) groups excluding carboxylic acids is 1. The Bertz CT molecular complexity index is 202. The molecule has 1 aliphatic carbocycles. The van der Waals surface area contributed by atoms with Gasteiger partial charge in [0.2, 0.25) is 0 Å². The lowest BCUT2D eigenvalue weighted by Gasteiger charge is -2.37. The highest BCUT2D eigenvalue weighted by molar-refractivity contribution is 5.73. The van der Waals surface area contributed by atoms with Crippen LogP contribution in [0.15, 0.2) is 0 Å². The molecule has 2 aliphatic rings. The molecule has 13 heavy (non-hydrogen) atoms. The van der Waals surface area contributed by atoms with Crippen molar-refractivity contribution in [2.24, 2.45) is 11.8 Å². The number of carbonyl (C=O) groups is 1. The van der Waals surface area contributed by atoms with E-state index in [9.17, 15) is 4.79 Å². The van der Waals surface area contributed by atoms with E-state index in [0.29, 0.717) is 18.6 Å². The van der Waals surface area contributed by atoms with Crippen molar-refractivity contribution < 1.29 is 14.3 Å². The molecule has 0 bridgehead atoms. The molecule has 0 aromatic rings. The molecule has 2 fully saturated rings. The van der Waals surface area contributed by atoms with E-state index in [1.54, 1.807) is 7.11 Å². The molecular weight excluding hydrogens is 168 g/mol. The van der Waals surface area contributed by atoms with Gasteiger partial charge in [0.05, 0.1) is 18.6 Å². The van der Waals surface area contributed by atoms with Crippen LogP contribution in [0, 0.1) is 11.8 Å². The van der Waals surface area contributed by atoms with Gasteiger partial charge in [-0.05, 0) is 31.6 Å². The fraction of sp³-hybridized carbons (Fsp3) is 0.900. The quantitative estimate of drug-likeness (QED) is 0.577. The van der Waals surface area contributed by atoms with Crippen molar-refractivity contribution in [1.29, 1.82) is 0 Å². The van der Waals surface area contributed by atoms with Gasteiger partial charge in [0.1, 0.15) is 0 Å². The van der Waals surface area contributed by atoms with Crippen LogP contribution in [0.1, 0.15) is 25.7 Å². The molecule has 1 heterocycles. The molecule has 2 rings (SSSR count). The maximum atomic E-state index is 11.4. The lowest BCUT2D eigenvalue weighted by molar-refractivity contribution is -0.160. The summed E-state index contributed by atoms with van der Waals surface area (Å²) in [5, 5.41) is 0. The Morgan fingerprint density at radius 1 is 1.38 bits per heavy atom. The molecule has 1 unspecified atom stereocenters. The highest BCUT2D eigenvalue weighted by atomic mass is 16.5. The van der Waals surface area contributed by atoms with Crippen LogP contribution >= 0.6 is 0 Å². The number of fused-ring (bicyclic) bond motifs is 1. The Labute approximate surface area is 78.4 Å². The van der Waals surface area contributed by atoms with Crippen LogP contribution in [-0.4, -0.2) is 25.8 Å². The maximum Gasteiger partial charge on any atom is 0.309 e. The summed E-state index contributed by atoms with van der Waals surface area (Å²) in [6.07, 6.45) is 4.38. The average Bonchev–Trinajstić information content (AvgIpc) is 2.18. The van der Waals surface area contributed by atoms with E-state index in [4.69, 9.17) is 9.47 Å². The zero-order valence-corrected chi connectivity index (χ0v) is 7.99. The fourth-order valence-corrected chi connectivity index (χ4v) is 2.48. The molecule has 3 nitrogen and oxygen atoms in total. The van der Waals surface area contributed by atoms with Crippen LogP contribution in [0.4, 0.5) is 0 Å². The van der Waals surface area contributed by atoms with Gasteiger partial charge in [-0.3, -0.25) is 4.79 Å². The van der Waals surface area contributed by atoms with Gasteiger partial charge >= 0.3 is 5.97 Å². The summed E-state index contributed by atoms with van der Waals surface area (Å²) in [6.45, 7) is 0.608. The molecule has 1 aliphatic heterocycles. The van der Waals surface area contributed by atoms with E-state index in [0.717, 1.165) is 25.7 Å². The molecule has 0 spiro atoms. The van der Waals surface area contributed by atoms with Gasteiger partial charge in [0.15, 0.2) is 0 Å². The number of methoxy groups -OCH3 is 1. The monoisotopic (exact) mass is 184 g/mol. The molecule has 1 saturated carbocycles. The summed E-state index contributed by atoms with van der Waals surface area (Å²) in [6, 6.07) is 0. The fourth-order valence-electron chi connectivity index (χ4n) is 2.48. The van der Waals surface area contributed by atoms with Crippen molar-refractivity contribution in [3.8, 4) is 0 Å². The Morgan fingerprint density at radius 2 is 2.23 bits per heavy atom. The third kappa shape index (κ3) is 1.70. The second-order valence-corrected chi connectivity index (χ2v) is 3.99. The zero-order chi connectivity index (χ0) is 9.26. The van der Waals surface area contributed by atoms with Gasteiger partial charge in [0, 0.05) is 7.11 Å². The number of hydrogen-bond acceptors (Lipinski definition) is 3. The first-order valence-electron chi connectivity index (χ1n) is 5.00. The molecule has 0 radical (unpaired) electrons.